The standard InChI is InChI=1S/C15H24N2O3/c1-9(2)13(16-15(19)20-4)14(18)17-10(3)11-5-7-12(17)8-6-11/h5,7,9-13H,6,8H2,1-4H3,(H,16,19)/t10-,11?,12?,13+/m1/s1. The molecule has 2 unspecified atom stereocenters. The highest BCUT2D eigenvalue weighted by Crippen LogP contribution is 2.35. The van der Waals surface area contributed by atoms with Crippen molar-refractivity contribution in [2.24, 2.45) is 11.8 Å². The summed E-state index contributed by atoms with van der Waals surface area (Å²) in [7, 11) is 1.31. The summed E-state index contributed by atoms with van der Waals surface area (Å²) in [5, 5.41) is 2.67. The van der Waals surface area contributed by atoms with Crippen molar-refractivity contribution in [1.29, 1.82) is 0 Å². The molecule has 0 spiro atoms. The summed E-state index contributed by atoms with van der Waals surface area (Å²) in [6, 6.07) is -0.159. The van der Waals surface area contributed by atoms with Crippen LogP contribution in [0, 0.1) is 11.8 Å². The molecule has 2 heterocycles. The topological polar surface area (TPSA) is 58.6 Å². The first-order chi connectivity index (χ1) is 9.45. The fourth-order valence-electron chi connectivity index (χ4n) is 3.19. The molecule has 2 aliphatic heterocycles. The maximum atomic E-state index is 12.8. The van der Waals surface area contributed by atoms with Crippen molar-refractivity contribution in [1.82, 2.24) is 10.2 Å². The molecule has 1 N–H and O–H groups in total. The molecule has 20 heavy (non-hydrogen) atoms. The molecule has 0 aromatic rings. The summed E-state index contributed by atoms with van der Waals surface area (Å²) in [6.07, 6.45) is 5.95. The van der Waals surface area contributed by atoms with E-state index in [2.05, 4.69) is 29.1 Å². The van der Waals surface area contributed by atoms with Crippen LogP contribution in [0.1, 0.15) is 33.6 Å². The van der Waals surface area contributed by atoms with Gasteiger partial charge in [-0.3, -0.25) is 4.79 Å². The van der Waals surface area contributed by atoms with Crippen molar-refractivity contribution in [2.45, 2.75) is 51.7 Å². The number of fused-ring (bicyclic) bond motifs is 2. The summed E-state index contributed by atoms with van der Waals surface area (Å²) in [5.41, 5.74) is 0. The van der Waals surface area contributed by atoms with Gasteiger partial charge in [0.15, 0.2) is 0 Å². The van der Waals surface area contributed by atoms with E-state index in [1.54, 1.807) is 0 Å². The van der Waals surface area contributed by atoms with Crippen molar-refractivity contribution in [3.05, 3.63) is 12.2 Å². The Hall–Kier alpha value is -1.52. The van der Waals surface area contributed by atoms with Gasteiger partial charge in [-0.15, -0.1) is 0 Å². The summed E-state index contributed by atoms with van der Waals surface area (Å²) < 4.78 is 4.62. The second kappa shape index (κ2) is 5.85. The first-order valence-electron chi connectivity index (χ1n) is 7.30. The fraction of sp³-hybridized carbons (Fsp3) is 0.733. The van der Waals surface area contributed by atoms with Gasteiger partial charge in [0.1, 0.15) is 6.04 Å². The van der Waals surface area contributed by atoms with Crippen LogP contribution in [0.5, 0.6) is 0 Å². The van der Waals surface area contributed by atoms with Crippen LogP contribution in [0.4, 0.5) is 4.79 Å². The number of hydrogen-bond donors (Lipinski definition) is 1. The predicted molar refractivity (Wildman–Crippen MR) is 76.1 cm³/mol. The molecule has 3 rings (SSSR count). The molecule has 1 aliphatic carbocycles. The quantitative estimate of drug-likeness (QED) is 0.804. The molecule has 2 bridgehead atoms. The van der Waals surface area contributed by atoms with E-state index in [9.17, 15) is 9.59 Å². The van der Waals surface area contributed by atoms with Crippen LogP contribution >= 0.6 is 0 Å². The van der Waals surface area contributed by atoms with Crippen LogP contribution in [-0.2, 0) is 9.53 Å². The van der Waals surface area contributed by atoms with E-state index in [-0.39, 0.29) is 23.9 Å². The van der Waals surface area contributed by atoms with Crippen LogP contribution in [0.25, 0.3) is 0 Å². The smallest absolute Gasteiger partial charge is 0.407 e. The van der Waals surface area contributed by atoms with Crippen molar-refractivity contribution in [3.8, 4) is 0 Å². The minimum atomic E-state index is -0.553. The van der Waals surface area contributed by atoms with E-state index in [4.69, 9.17) is 0 Å². The van der Waals surface area contributed by atoms with E-state index in [0.29, 0.717) is 5.92 Å². The number of rotatable bonds is 3. The number of hydrogen-bond acceptors (Lipinski definition) is 3. The van der Waals surface area contributed by atoms with Crippen LogP contribution in [0.3, 0.4) is 0 Å². The number of carbonyl (C=O) groups is 2. The zero-order valence-corrected chi connectivity index (χ0v) is 12.6. The Kier molecular flexibility index (Phi) is 4.35. The van der Waals surface area contributed by atoms with E-state index in [1.165, 1.54) is 7.11 Å². The van der Waals surface area contributed by atoms with Crippen LogP contribution in [0.15, 0.2) is 12.2 Å². The number of piperidine rings is 1. The van der Waals surface area contributed by atoms with Gasteiger partial charge < -0.3 is 15.0 Å². The Morgan fingerprint density at radius 1 is 1.30 bits per heavy atom. The monoisotopic (exact) mass is 280 g/mol. The average Bonchev–Trinajstić information content (AvgIpc) is 2.44. The Labute approximate surface area is 120 Å². The third kappa shape index (κ3) is 2.67. The summed E-state index contributed by atoms with van der Waals surface area (Å²) in [4.78, 5) is 26.2. The molecule has 1 saturated heterocycles. The molecule has 112 valence electrons. The third-order valence-electron chi connectivity index (χ3n) is 4.44. The molecule has 1 fully saturated rings. The Bertz CT molecular complexity index is 419. The molecule has 2 amide bonds. The maximum absolute atomic E-state index is 12.8. The van der Waals surface area contributed by atoms with Gasteiger partial charge in [-0.2, -0.15) is 0 Å². The van der Waals surface area contributed by atoms with Gasteiger partial charge in [0.2, 0.25) is 5.91 Å². The number of amides is 2. The van der Waals surface area contributed by atoms with Gasteiger partial charge in [-0.25, -0.2) is 4.79 Å². The van der Waals surface area contributed by atoms with E-state index in [0.717, 1.165) is 12.8 Å². The van der Waals surface area contributed by atoms with Crippen molar-refractivity contribution in [3.63, 3.8) is 0 Å². The fourth-order valence-corrected chi connectivity index (χ4v) is 3.19. The molecule has 0 aromatic heterocycles. The van der Waals surface area contributed by atoms with E-state index in [1.807, 2.05) is 18.7 Å². The van der Waals surface area contributed by atoms with Crippen molar-refractivity contribution in [2.75, 3.05) is 7.11 Å². The van der Waals surface area contributed by atoms with Gasteiger partial charge in [0, 0.05) is 6.04 Å². The zero-order valence-electron chi connectivity index (χ0n) is 12.6. The highest BCUT2D eigenvalue weighted by molar-refractivity contribution is 5.86. The number of carbonyl (C=O) groups excluding carboxylic acids is 2. The second-order valence-corrected chi connectivity index (χ2v) is 6.04. The largest absolute Gasteiger partial charge is 0.453 e. The van der Waals surface area contributed by atoms with Crippen molar-refractivity contribution >= 4 is 12.0 Å². The normalized spacial score (nSPS) is 29.4. The number of nitrogens with zero attached hydrogens (tertiary/aromatic N) is 1. The van der Waals surface area contributed by atoms with Gasteiger partial charge >= 0.3 is 6.09 Å². The first kappa shape index (κ1) is 14.9. The van der Waals surface area contributed by atoms with Gasteiger partial charge in [0.25, 0.3) is 0 Å². The van der Waals surface area contributed by atoms with Crippen molar-refractivity contribution < 1.29 is 14.3 Å². The second-order valence-electron chi connectivity index (χ2n) is 6.04. The minimum absolute atomic E-state index is 0.00282. The Morgan fingerprint density at radius 3 is 2.45 bits per heavy atom. The van der Waals surface area contributed by atoms with Gasteiger partial charge in [-0.1, -0.05) is 26.0 Å². The van der Waals surface area contributed by atoms with E-state index >= 15 is 0 Å². The molecule has 5 nitrogen and oxygen atoms in total. The lowest BCUT2D eigenvalue weighted by Gasteiger charge is -2.48. The highest BCUT2D eigenvalue weighted by atomic mass is 16.5. The molecule has 0 aromatic carbocycles. The lowest BCUT2D eigenvalue weighted by molar-refractivity contribution is -0.141. The SMILES string of the molecule is COC(=O)N[C@H](C(=O)N1C2C=CC(CC2)[C@H]1C)C(C)C. The zero-order chi connectivity index (χ0) is 14.9. The molecular weight excluding hydrogens is 256 g/mol. The third-order valence-corrected chi connectivity index (χ3v) is 4.44. The maximum Gasteiger partial charge on any atom is 0.407 e. The Morgan fingerprint density at radius 2 is 2.00 bits per heavy atom. The van der Waals surface area contributed by atoms with E-state index < -0.39 is 12.1 Å². The molecule has 5 heteroatoms. The number of methoxy groups -OCH3 is 1. The highest BCUT2D eigenvalue weighted by Gasteiger charge is 2.41. The summed E-state index contributed by atoms with van der Waals surface area (Å²) >= 11 is 0. The molecule has 0 saturated carbocycles. The minimum Gasteiger partial charge on any atom is -0.453 e. The van der Waals surface area contributed by atoms with Gasteiger partial charge in [0.05, 0.1) is 13.2 Å². The summed E-state index contributed by atoms with van der Waals surface area (Å²) in [5.74, 6) is 0.463. The van der Waals surface area contributed by atoms with Crippen LogP contribution in [-0.4, -0.2) is 42.1 Å². The number of ether oxygens (including phenoxy) is 1. The Balaban J connectivity index is 2.15. The predicted octanol–water partition coefficient (Wildman–Crippen LogP) is 1.93. The molecule has 4 atom stereocenters. The number of alkyl carbamates (subject to hydrolysis) is 1. The van der Waals surface area contributed by atoms with Crippen LogP contribution in [0.2, 0.25) is 0 Å². The summed E-state index contributed by atoms with van der Waals surface area (Å²) in [6.45, 7) is 5.95. The molecule has 0 radical (unpaired) electrons. The van der Waals surface area contributed by atoms with Gasteiger partial charge in [-0.05, 0) is 31.6 Å². The van der Waals surface area contributed by atoms with Crippen LogP contribution < -0.4 is 5.32 Å². The lowest BCUT2D eigenvalue weighted by Crippen LogP contribution is -2.60. The average molecular weight is 280 g/mol. The first-order valence-corrected chi connectivity index (χ1v) is 7.30. The number of nitrogens with one attached hydrogen (secondary N) is 1. The molecular formula is C15H24N2O3. The molecule has 3 aliphatic rings. The lowest BCUT2D eigenvalue weighted by atomic mass is 9.80.